The Morgan fingerprint density at radius 3 is 2.81 bits per heavy atom. The fraction of sp³-hybridized carbons (Fsp3) is 0.227. The highest BCUT2D eigenvalue weighted by Gasteiger charge is 2.18. The van der Waals surface area contributed by atoms with Crippen molar-refractivity contribution in [2.45, 2.75) is 32.7 Å². The van der Waals surface area contributed by atoms with Crippen LogP contribution in [0.3, 0.4) is 0 Å². The molecule has 10 heteroatoms. The summed E-state index contributed by atoms with van der Waals surface area (Å²) in [5, 5.41) is 8.40. The third-order valence-corrected chi connectivity index (χ3v) is 5.04. The molecule has 32 heavy (non-hydrogen) atoms. The topological polar surface area (TPSA) is 98.3 Å². The molecule has 0 saturated carbocycles. The van der Waals surface area contributed by atoms with Gasteiger partial charge in [-0.2, -0.15) is 5.10 Å². The fourth-order valence-corrected chi connectivity index (χ4v) is 3.38. The summed E-state index contributed by atoms with van der Waals surface area (Å²) < 4.78 is 34.7. The minimum atomic E-state index is -0.978. The second kappa shape index (κ2) is 8.29. The van der Waals surface area contributed by atoms with Crippen molar-refractivity contribution in [2.75, 3.05) is 0 Å². The average molecular weight is 435 g/mol. The predicted molar refractivity (Wildman–Crippen MR) is 112 cm³/mol. The molecule has 8 nitrogen and oxygen atoms in total. The zero-order valence-corrected chi connectivity index (χ0v) is 17.2. The van der Waals surface area contributed by atoms with Gasteiger partial charge in [0.25, 0.3) is 0 Å². The summed E-state index contributed by atoms with van der Waals surface area (Å²) in [4.78, 5) is 16.3. The lowest BCUT2D eigenvalue weighted by molar-refractivity contribution is 0.372. The molecule has 2 aliphatic heterocycles. The van der Waals surface area contributed by atoms with Crippen LogP contribution in [0.4, 0.5) is 8.78 Å². The van der Waals surface area contributed by atoms with Crippen molar-refractivity contribution in [2.24, 2.45) is 0 Å². The molecule has 0 unspecified atom stereocenters. The number of unbranched alkanes of at least 4 members (excludes halogenated alkanes) is 1. The van der Waals surface area contributed by atoms with Crippen molar-refractivity contribution in [3.63, 3.8) is 0 Å². The second-order valence-corrected chi connectivity index (χ2v) is 7.40. The van der Waals surface area contributed by atoms with E-state index >= 15 is 0 Å². The van der Waals surface area contributed by atoms with E-state index in [9.17, 15) is 8.78 Å². The summed E-state index contributed by atoms with van der Waals surface area (Å²) in [6.45, 7) is 2.45. The van der Waals surface area contributed by atoms with Crippen LogP contribution in [0.15, 0.2) is 47.4 Å². The Morgan fingerprint density at radius 2 is 1.94 bits per heavy atom. The minimum Gasteiger partial charge on any atom is -0.359 e. The molecule has 0 amide bonds. The van der Waals surface area contributed by atoms with E-state index in [1.807, 2.05) is 12.3 Å². The standard InChI is InChI=1S/C22H19F2N7O/c1-2-3-7-20-25-9-17(27-20)16-8-13(32-30-16)11-31-12-19-18(10-26-31)28-22(29-19)14-5-4-6-15(23)21(14)24/h4-6,8-10,12H,2-3,7,11H2,1H3,(H,25,27). The Bertz CT molecular complexity index is 1340. The molecule has 0 radical (unpaired) electrons. The van der Waals surface area contributed by atoms with Crippen molar-refractivity contribution in [1.29, 1.82) is 0 Å². The first-order chi connectivity index (χ1) is 15.6. The van der Waals surface area contributed by atoms with Gasteiger partial charge in [0.2, 0.25) is 0 Å². The van der Waals surface area contributed by atoms with Crippen molar-refractivity contribution in [3.8, 4) is 34.2 Å². The van der Waals surface area contributed by atoms with E-state index in [1.54, 1.807) is 10.9 Å². The van der Waals surface area contributed by atoms with Crippen LogP contribution in [0.5, 0.6) is 0 Å². The highest BCUT2D eigenvalue weighted by Crippen LogP contribution is 2.27. The largest absolute Gasteiger partial charge is 0.359 e. The first kappa shape index (κ1) is 20.0. The van der Waals surface area contributed by atoms with Crippen LogP contribution >= 0.6 is 0 Å². The summed E-state index contributed by atoms with van der Waals surface area (Å²) in [6, 6.07) is 5.72. The van der Waals surface area contributed by atoms with Gasteiger partial charge in [-0.25, -0.2) is 23.7 Å². The molecule has 0 atom stereocenters. The fourth-order valence-electron chi connectivity index (χ4n) is 3.38. The Morgan fingerprint density at radius 1 is 1.06 bits per heavy atom. The first-order valence-electron chi connectivity index (χ1n) is 10.3. The third-order valence-electron chi connectivity index (χ3n) is 5.04. The van der Waals surface area contributed by atoms with Crippen LogP contribution < -0.4 is 0 Å². The molecule has 3 aromatic rings. The molecule has 0 saturated heterocycles. The monoisotopic (exact) mass is 435 g/mol. The third kappa shape index (κ3) is 3.86. The number of H-pyrrole nitrogens is 1. The lowest BCUT2D eigenvalue weighted by Crippen LogP contribution is -2.04. The van der Waals surface area contributed by atoms with E-state index in [0.717, 1.165) is 36.8 Å². The summed E-state index contributed by atoms with van der Waals surface area (Å²) in [6.07, 6.45) is 8.07. The van der Waals surface area contributed by atoms with Crippen LogP contribution in [-0.2, 0) is 13.0 Å². The Kier molecular flexibility index (Phi) is 5.18. The molecular weight excluding hydrogens is 416 g/mol. The van der Waals surface area contributed by atoms with E-state index in [0.29, 0.717) is 29.4 Å². The Balaban J connectivity index is 1.36. The van der Waals surface area contributed by atoms with Gasteiger partial charge in [-0.05, 0) is 18.6 Å². The number of nitrogens with one attached hydrogen (secondary N) is 1. The van der Waals surface area contributed by atoms with Gasteiger partial charge in [-0.15, -0.1) is 0 Å². The number of halogens is 2. The maximum absolute atomic E-state index is 14.1. The normalized spacial score (nSPS) is 11.5. The van der Waals surface area contributed by atoms with Gasteiger partial charge >= 0.3 is 0 Å². The number of hydrogen-bond donors (Lipinski definition) is 1. The quantitative estimate of drug-likeness (QED) is 0.404. The summed E-state index contributed by atoms with van der Waals surface area (Å²) >= 11 is 0. The van der Waals surface area contributed by atoms with Gasteiger partial charge in [0.05, 0.1) is 18.0 Å². The molecule has 1 aromatic carbocycles. The van der Waals surface area contributed by atoms with E-state index in [4.69, 9.17) is 4.52 Å². The molecule has 0 fully saturated rings. The lowest BCUT2D eigenvalue weighted by atomic mass is 10.2. The van der Waals surface area contributed by atoms with Crippen LogP contribution in [0, 0.1) is 11.6 Å². The van der Waals surface area contributed by atoms with Gasteiger partial charge in [0.15, 0.2) is 23.2 Å². The number of imidazole rings is 2. The zero-order chi connectivity index (χ0) is 22.1. The SMILES string of the molecule is CCCCc1nc(-c2cc(Cn3cc4nc(-c5cccc(F)c5F)nc-4cn3)on2)c[nH]1. The van der Waals surface area contributed by atoms with Gasteiger partial charge in [-0.1, -0.05) is 24.6 Å². The first-order valence-corrected chi connectivity index (χ1v) is 10.3. The number of fused-ring (bicyclic) bond motifs is 1. The molecule has 0 spiro atoms. The number of aromatic amines is 1. The lowest BCUT2D eigenvalue weighted by Gasteiger charge is -2.03. The van der Waals surface area contributed by atoms with Crippen molar-refractivity contribution in [3.05, 3.63) is 66.1 Å². The molecule has 1 N–H and O–H groups in total. The zero-order valence-electron chi connectivity index (χ0n) is 17.2. The number of aryl methyl sites for hydroxylation is 1. The number of nitrogens with zero attached hydrogens (tertiary/aromatic N) is 6. The van der Waals surface area contributed by atoms with E-state index in [-0.39, 0.29) is 11.4 Å². The number of benzene rings is 1. The molecule has 162 valence electrons. The molecular formula is C22H19F2N7O. The number of rotatable bonds is 7. The number of hydrogen-bond acceptors (Lipinski definition) is 6. The number of aromatic nitrogens is 7. The van der Waals surface area contributed by atoms with E-state index in [1.165, 1.54) is 18.3 Å². The summed E-state index contributed by atoms with van der Waals surface area (Å²) in [5.41, 5.74) is 2.35. The molecule has 4 heterocycles. The molecule has 5 rings (SSSR count). The Labute approximate surface area is 181 Å². The van der Waals surface area contributed by atoms with Gasteiger partial charge in [-0.3, -0.25) is 4.68 Å². The maximum Gasteiger partial charge on any atom is 0.169 e. The highest BCUT2D eigenvalue weighted by atomic mass is 19.2. The maximum atomic E-state index is 14.1. The van der Waals surface area contributed by atoms with Crippen molar-refractivity contribution in [1.82, 2.24) is 34.9 Å². The minimum absolute atomic E-state index is 0.00457. The molecule has 2 aliphatic rings. The van der Waals surface area contributed by atoms with E-state index in [2.05, 4.69) is 37.1 Å². The van der Waals surface area contributed by atoms with Crippen LogP contribution in [-0.4, -0.2) is 34.9 Å². The highest BCUT2D eigenvalue weighted by molar-refractivity contribution is 5.65. The van der Waals surface area contributed by atoms with Gasteiger partial charge in [0.1, 0.15) is 35.1 Å². The van der Waals surface area contributed by atoms with Crippen LogP contribution in [0.1, 0.15) is 31.4 Å². The van der Waals surface area contributed by atoms with E-state index < -0.39 is 11.6 Å². The van der Waals surface area contributed by atoms with Crippen molar-refractivity contribution >= 4 is 0 Å². The second-order valence-electron chi connectivity index (χ2n) is 7.40. The smallest absolute Gasteiger partial charge is 0.169 e. The molecule has 0 bridgehead atoms. The predicted octanol–water partition coefficient (Wildman–Crippen LogP) is 4.49. The molecule has 0 aliphatic carbocycles. The summed E-state index contributed by atoms with van der Waals surface area (Å²) in [7, 11) is 0. The van der Waals surface area contributed by atoms with Gasteiger partial charge in [0, 0.05) is 18.7 Å². The molecule has 2 aromatic heterocycles. The van der Waals surface area contributed by atoms with Crippen molar-refractivity contribution < 1.29 is 13.3 Å². The van der Waals surface area contributed by atoms with Gasteiger partial charge < -0.3 is 9.51 Å². The Hall–Kier alpha value is -3.95. The average Bonchev–Trinajstić information content (AvgIpc) is 3.53. The summed E-state index contributed by atoms with van der Waals surface area (Å²) in [5.74, 6) is -0.302. The van der Waals surface area contributed by atoms with Crippen LogP contribution in [0.25, 0.3) is 34.2 Å². The van der Waals surface area contributed by atoms with Crippen LogP contribution in [0.2, 0.25) is 0 Å².